The first-order valence-electron chi connectivity index (χ1n) is 7.31. The highest BCUT2D eigenvalue weighted by atomic mass is 16.4. The Kier molecular flexibility index (Phi) is 4.63. The van der Waals surface area contributed by atoms with Crippen LogP contribution in [-0.2, 0) is 9.59 Å². The molecule has 1 amide bonds. The molecule has 0 radical (unpaired) electrons. The second kappa shape index (κ2) is 6.26. The number of carboxylic acids is 1. The third-order valence-electron chi connectivity index (χ3n) is 4.06. The highest BCUT2D eigenvalue weighted by Crippen LogP contribution is 2.31. The van der Waals surface area contributed by atoms with Crippen molar-refractivity contribution in [2.24, 2.45) is 0 Å². The molecule has 0 aliphatic heterocycles. The summed E-state index contributed by atoms with van der Waals surface area (Å²) in [6.45, 7) is 4.24. The van der Waals surface area contributed by atoms with Crippen molar-refractivity contribution in [2.45, 2.75) is 44.6 Å². The van der Waals surface area contributed by atoms with Gasteiger partial charge in [0.2, 0.25) is 5.91 Å². The fourth-order valence-corrected chi connectivity index (χ4v) is 2.40. The van der Waals surface area contributed by atoms with Crippen molar-refractivity contribution in [3.63, 3.8) is 0 Å². The zero-order valence-corrected chi connectivity index (χ0v) is 12.5. The van der Waals surface area contributed by atoms with Crippen LogP contribution in [0.1, 0.15) is 44.6 Å². The maximum atomic E-state index is 11.9. The molecule has 2 rings (SSSR count). The van der Waals surface area contributed by atoms with E-state index in [9.17, 15) is 14.7 Å². The minimum atomic E-state index is -0.904. The van der Waals surface area contributed by atoms with Crippen LogP contribution in [0.25, 0.3) is 0 Å². The molecule has 1 aliphatic rings. The molecule has 114 valence electrons. The van der Waals surface area contributed by atoms with Gasteiger partial charge in [0.25, 0.3) is 0 Å². The molecule has 1 fully saturated rings. The summed E-state index contributed by atoms with van der Waals surface area (Å²) in [6, 6.07) is 7.70. The Bertz CT molecular complexity index is 519. The lowest BCUT2D eigenvalue weighted by atomic mass is 9.77. The summed E-state index contributed by atoms with van der Waals surface area (Å²) < 4.78 is 0. The topological polar surface area (TPSA) is 78.4 Å². The standard InChI is InChI=1S/C16H22N2O3/c1-11(2)12-4-6-13(7-5-12)18-14(19)10-17-16(15(20)21)8-3-9-16/h4-7,11,17H,3,8-10H2,1-2H3,(H,18,19)(H,20,21). The van der Waals surface area contributed by atoms with Gasteiger partial charge in [-0.15, -0.1) is 0 Å². The van der Waals surface area contributed by atoms with Gasteiger partial charge in [-0.05, 0) is 42.9 Å². The minimum absolute atomic E-state index is 0.0121. The van der Waals surface area contributed by atoms with Crippen molar-refractivity contribution in [3.05, 3.63) is 29.8 Å². The van der Waals surface area contributed by atoms with Gasteiger partial charge in [-0.1, -0.05) is 26.0 Å². The van der Waals surface area contributed by atoms with E-state index < -0.39 is 11.5 Å². The van der Waals surface area contributed by atoms with E-state index in [1.54, 1.807) is 0 Å². The number of carbonyl (C=O) groups is 2. The highest BCUT2D eigenvalue weighted by Gasteiger charge is 2.44. The summed E-state index contributed by atoms with van der Waals surface area (Å²) in [5.74, 6) is -0.645. The molecule has 0 aromatic heterocycles. The number of carboxylic acid groups (broad SMARTS) is 1. The van der Waals surface area contributed by atoms with E-state index in [2.05, 4.69) is 24.5 Å². The van der Waals surface area contributed by atoms with E-state index >= 15 is 0 Å². The maximum absolute atomic E-state index is 11.9. The molecule has 1 saturated carbocycles. The molecule has 0 heterocycles. The van der Waals surface area contributed by atoms with Gasteiger partial charge in [-0.2, -0.15) is 0 Å². The van der Waals surface area contributed by atoms with Crippen LogP contribution in [0.5, 0.6) is 0 Å². The Morgan fingerprint density at radius 2 is 1.86 bits per heavy atom. The van der Waals surface area contributed by atoms with Gasteiger partial charge in [0.15, 0.2) is 0 Å². The number of hydrogen-bond donors (Lipinski definition) is 3. The lowest BCUT2D eigenvalue weighted by molar-refractivity contribution is -0.148. The molecule has 1 aliphatic carbocycles. The van der Waals surface area contributed by atoms with Crippen LogP contribution in [-0.4, -0.2) is 29.1 Å². The van der Waals surface area contributed by atoms with E-state index in [0.29, 0.717) is 18.8 Å². The van der Waals surface area contributed by atoms with Crippen molar-refractivity contribution in [2.75, 3.05) is 11.9 Å². The molecule has 0 saturated heterocycles. The van der Waals surface area contributed by atoms with E-state index in [4.69, 9.17) is 0 Å². The largest absolute Gasteiger partial charge is 0.480 e. The van der Waals surface area contributed by atoms with Crippen LogP contribution in [0.3, 0.4) is 0 Å². The van der Waals surface area contributed by atoms with Crippen LogP contribution in [0.2, 0.25) is 0 Å². The van der Waals surface area contributed by atoms with Gasteiger partial charge in [-0.3, -0.25) is 14.9 Å². The lowest BCUT2D eigenvalue weighted by Gasteiger charge is -2.38. The first kappa shape index (κ1) is 15.5. The summed E-state index contributed by atoms with van der Waals surface area (Å²) in [7, 11) is 0. The first-order valence-corrected chi connectivity index (χ1v) is 7.31. The number of nitrogens with one attached hydrogen (secondary N) is 2. The molecular formula is C16H22N2O3. The molecule has 5 nitrogen and oxygen atoms in total. The van der Waals surface area contributed by atoms with Crippen LogP contribution in [0.4, 0.5) is 5.69 Å². The SMILES string of the molecule is CC(C)c1ccc(NC(=O)CNC2(C(=O)O)CCC2)cc1. The second-order valence-electron chi connectivity index (χ2n) is 5.92. The molecule has 0 unspecified atom stereocenters. The normalized spacial score (nSPS) is 16.3. The van der Waals surface area contributed by atoms with Gasteiger partial charge in [0.1, 0.15) is 5.54 Å². The van der Waals surface area contributed by atoms with Gasteiger partial charge in [-0.25, -0.2) is 0 Å². The van der Waals surface area contributed by atoms with Crippen LogP contribution < -0.4 is 10.6 Å². The average molecular weight is 290 g/mol. The Morgan fingerprint density at radius 1 is 1.24 bits per heavy atom. The number of rotatable bonds is 6. The zero-order chi connectivity index (χ0) is 15.5. The maximum Gasteiger partial charge on any atom is 0.323 e. The average Bonchev–Trinajstić information content (AvgIpc) is 2.37. The Hall–Kier alpha value is -1.88. The Labute approximate surface area is 124 Å². The molecular weight excluding hydrogens is 268 g/mol. The Balaban J connectivity index is 1.86. The van der Waals surface area contributed by atoms with Gasteiger partial charge >= 0.3 is 5.97 Å². The molecule has 1 aromatic carbocycles. The van der Waals surface area contributed by atoms with Gasteiger partial charge in [0, 0.05) is 5.69 Å². The number of hydrogen-bond acceptors (Lipinski definition) is 3. The van der Waals surface area contributed by atoms with Crippen molar-refractivity contribution in [1.29, 1.82) is 0 Å². The predicted molar refractivity (Wildman–Crippen MR) is 81.4 cm³/mol. The van der Waals surface area contributed by atoms with Crippen LogP contribution >= 0.6 is 0 Å². The number of amides is 1. The highest BCUT2D eigenvalue weighted by molar-refractivity contribution is 5.93. The lowest BCUT2D eigenvalue weighted by Crippen LogP contribution is -2.58. The summed E-state index contributed by atoms with van der Waals surface area (Å²) >= 11 is 0. The number of aliphatic carboxylic acids is 1. The van der Waals surface area contributed by atoms with Crippen molar-refractivity contribution < 1.29 is 14.7 Å². The molecule has 21 heavy (non-hydrogen) atoms. The number of carbonyl (C=O) groups excluding carboxylic acids is 1. The van der Waals surface area contributed by atoms with Crippen LogP contribution in [0, 0.1) is 0 Å². The van der Waals surface area contributed by atoms with E-state index in [1.165, 1.54) is 5.56 Å². The summed E-state index contributed by atoms with van der Waals surface area (Å²) in [5.41, 5.74) is 1.04. The van der Waals surface area contributed by atoms with Crippen molar-refractivity contribution in [1.82, 2.24) is 5.32 Å². The number of anilines is 1. The zero-order valence-electron chi connectivity index (χ0n) is 12.5. The first-order chi connectivity index (χ1) is 9.93. The van der Waals surface area contributed by atoms with Gasteiger partial charge < -0.3 is 10.4 Å². The molecule has 1 aromatic rings. The van der Waals surface area contributed by atoms with Gasteiger partial charge in [0.05, 0.1) is 6.54 Å². The quantitative estimate of drug-likeness (QED) is 0.751. The second-order valence-corrected chi connectivity index (χ2v) is 5.92. The minimum Gasteiger partial charge on any atom is -0.480 e. The molecule has 0 bridgehead atoms. The third kappa shape index (κ3) is 3.61. The summed E-state index contributed by atoms with van der Waals surface area (Å²) in [6.07, 6.45) is 2.05. The summed E-state index contributed by atoms with van der Waals surface area (Å²) in [4.78, 5) is 23.1. The van der Waals surface area contributed by atoms with E-state index in [0.717, 1.165) is 12.1 Å². The molecule has 0 spiro atoms. The fourth-order valence-electron chi connectivity index (χ4n) is 2.40. The Morgan fingerprint density at radius 3 is 2.29 bits per heavy atom. The van der Waals surface area contributed by atoms with Crippen LogP contribution in [0.15, 0.2) is 24.3 Å². The summed E-state index contributed by atoms with van der Waals surface area (Å²) in [5, 5.41) is 14.8. The van der Waals surface area contributed by atoms with Crippen molar-refractivity contribution in [3.8, 4) is 0 Å². The number of benzene rings is 1. The van der Waals surface area contributed by atoms with E-state index in [1.807, 2.05) is 24.3 Å². The predicted octanol–water partition coefficient (Wildman–Crippen LogP) is 2.35. The monoisotopic (exact) mass is 290 g/mol. The molecule has 5 heteroatoms. The molecule has 0 atom stereocenters. The molecule has 3 N–H and O–H groups in total. The fraction of sp³-hybridized carbons (Fsp3) is 0.500. The smallest absolute Gasteiger partial charge is 0.323 e. The van der Waals surface area contributed by atoms with E-state index in [-0.39, 0.29) is 12.5 Å². The third-order valence-corrected chi connectivity index (χ3v) is 4.06. The van der Waals surface area contributed by atoms with Crippen molar-refractivity contribution >= 4 is 17.6 Å².